The number of pyridine rings is 1. The Labute approximate surface area is 90.9 Å². The van der Waals surface area contributed by atoms with Crippen LogP contribution in [0.4, 0.5) is 14.6 Å². The number of halogens is 2. The van der Waals surface area contributed by atoms with Crippen LogP contribution in [0, 0.1) is 11.6 Å². The molecule has 0 fully saturated rings. The summed E-state index contributed by atoms with van der Waals surface area (Å²) >= 11 is 0. The lowest BCUT2D eigenvalue weighted by Gasteiger charge is -2.04. The summed E-state index contributed by atoms with van der Waals surface area (Å²) in [6.45, 7) is 0.392. The highest BCUT2D eigenvalue weighted by atomic mass is 19.1. The van der Waals surface area contributed by atoms with Crippen molar-refractivity contribution in [2.45, 2.75) is 6.54 Å². The minimum Gasteiger partial charge on any atom is -0.363 e. The molecule has 0 atom stereocenters. The van der Waals surface area contributed by atoms with Crippen molar-refractivity contribution < 1.29 is 8.78 Å². The van der Waals surface area contributed by atoms with Crippen molar-refractivity contribution in [2.24, 2.45) is 7.05 Å². The van der Waals surface area contributed by atoms with Crippen LogP contribution in [0.3, 0.4) is 0 Å². The molecular weight excluding hydrogens is 214 g/mol. The van der Waals surface area contributed by atoms with Crippen LogP contribution in [-0.2, 0) is 13.6 Å². The van der Waals surface area contributed by atoms with Crippen LogP contribution >= 0.6 is 0 Å². The van der Waals surface area contributed by atoms with Gasteiger partial charge >= 0.3 is 0 Å². The third-order valence-electron chi connectivity index (χ3n) is 2.03. The van der Waals surface area contributed by atoms with Gasteiger partial charge in [-0.25, -0.2) is 13.8 Å². The average molecular weight is 224 g/mol. The van der Waals surface area contributed by atoms with Crippen molar-refractivity contribution in [3.8, 4) is 0 Å². The van der Waals surface area contributed by atoms with Gasteiger partial charge in [-0.05, 0) is 0 Å². The molecule has 0 aromatic carbocycles. The molecule has 0 unspecified atom stereocenters. The van der Waals surface area contributed by atoms with Crippen LogP contribution in [-0.4, -0.2) is 14.8 Å². The molecule has 0 saturated carbocycles. The SMILES string of the molecule is Cn1cc(CNc2ncc(F)cc2F)cn1. The Kier molecular flexibility index (Phi) is 2.80. The summed E-state index contributed by atoms with van der Waals surface area (Å²) in [5, 5.41) is 6.73. The Bertz CT molecular complexity index is 495. The average Bonchev–Trinajstić information content (AvgIpc) is 2.63. The maximum absolute atomic E-state index is 13.2. The molecule has 2 heterocycles. The number of hydrogen-bond donors (Lipinski definition) is 1. The first-order chi connectivity index (χ1) is 7.65. The Morgan fingerprint density at radius 3 is 2.81 bits per heavy atom. The van der Waals surface area contributed by atoms with E-state index in [4.69, 9.17) is 0 Å². The minimum atomic E-state index is -0.705. The standard InChI is InChI=1S/C10H10F2N4/c1-16-6-7(4-15-16)3-13-10-9(12)2-8(11)5-14-10/h2,4-6H,3H2,1H3,(H,13,14). The third kappa shape index (κ3) is 2.33. The topological polar surface area (TPSA) is 42.7 Å². The van der Waals surface area contributed by atoms with Crippen LogP contribution < -0.4 is 5.32 Å². The van der Waals surface area contributed by atoms with E-state index in [9.17, 15) is 8.78 Å². The van der Waals surface area contributed by atoms with Gasteiger partial charge in [0.2, 0.25) is 0 Å². The second-order valence-electron chi connectivity index (χ2n) is 3.36. The fourth-order valence-electron chi connectivity index (χ4n) is 1.29. The predicted molar refractivity (Wildman–Crippen MR) is 54.7 cm³/mol. The van der Waals surface area contributed by atoms with E-state index in [0.717, 1.165) is 17.8 Å². The van der Waals surface area contributed by atoms with Crippen LogP contribution in [0.2, 0.25) is 0 Å². The normalized spacial score (nSPS) is 10.4. The van der Waals surface area contributed by atoms with Crippen molar-refractivity contribution in [1.82, 2.24) is 14.8 Å². The summed E-state index contributed by atoms with van der Waals surface area (Å²) in [5.74, 6) is -1.36. The summed E-state index contributed by atoms with van der Waals surface area (Å²) in [4.78, 5) is 3.61. The van der Waals surface area contributed by atoms with E-state index in [1.807, 2.05) is 0 Å². The predicted octanol–water partition coefficient (Wildman–Crippen LogP) is 1.71. The van der Waals surface area contributed by atoms with E-state index in [2.05, 4.69) is 15.4 Å². The number of nitrogens with zero attached hydrogens (tertiary/aromatic N) is 3. The van der Waals surface area contributed by atoms with Crippen LogP contribution in [0.5, 0.6) is 0 Å². The first kappa shape index (κ1) is 10.5. The highest BCUT2D eigenvalue weighted by Gasteiger charge is 2.05. The fraction of sp³-hybridized carbons (Fsp3) is 0.200. The highest BCUT2D eigenvalue weighted by Crippen LogP contribution is 2.12. The Morgan fingerprint density at radius 2 is 2.19 bits per heavy atom. The van der Waals surface area contributed by atoms with E-state index in [1.165, 1.54) is 0 Å². The molecule has 0 spiro atoms. The van der Waals surface area contributed by atoms with Gasteiger partial charge in [0.15, 0.2) is 11.6 Å². The van der Waals surface area contributed by atoms with Crippen molar-refractivity contribution in [2.75, 3.05) is 5.32 Å². The Morgan fingerprint density at radius 1 is 1.38 bits per heavy atom. The van der Waals surface area contributed by atoms with Gasteiger partial charge in [-0.2, -0.15) is 5.10 Å². The second-order valence-corrected chi connectivity index (χ2v) is 3.36. The van der Waals surface area contributed by atoms with E-state index >= 15 is 0 Å². The zero-order valence-electron chi connectivity index (χ0n) is 8.61. The lowest BCUT2D eigenvalue weighted by molar-refractivity contribution is 0.575. The van der Waals surface area contributed by atoms with E-state index in [1.54, 1.807) is 24.1 Å². The lowest BCUT2D eigenvalue weighted by atomic mass is 10.3. The van der Waals surface area contributed by atoms with Crippen molar-refractivity contribution in [1.29, 1.82) is 0 Å². The number of aryl methyl sites for hydroxylation is 1. The number of hydrogen-bond acceptors (Lipinski definition) is 3. The zero-order chi connectivity index (χ0) is 11.5. The van der Waals surface area contributed by atoms with Gasteiger partial charge in [0.05, 0.1) is 12.4 Å². The van der Waals surface area contributed by atoms with E-state index in [-0.39, 0.29) is 5.82 Å². The fourth-order valence-corrected chi connectivity index (χ4v) is 1.29. The number of aromatic nitrogens is 3. The number of nitrogens with one attached hydrogen (secondary N) is 1. The summed E-state index contributed by atoms with van der Waals surface area (Å²) in [6, 6.07) is 0.790. The monoisotopic (exact) mass is 224 g/mol. The molecule has 84 valence electrons. The molecule has 2 rings (SSSR count). The summed E-state index contributed by atoms with van der Waals surface area (Å²) in [7, 11) is 1.79. The molecule has 4 nitrogen and oxygen atoms in total. The van der Waals surface area contributed by atoms with Crippen molar-refractivity contribution in [3.63, 3.8) is 0 Å². The molecule has 2 aromatic heterocycles. The first-order valence-electron chi connectivity index (χ1n) is 4.67. The summed E-state index contributed by atoms with van der Waals surface area (Å²) in [6.07, 6.45) is 4.43. The van der Waals surface area contributed by atoms with Gasteiger partial charge in [0.1, 0.15) is 5.82 Å². The first-order valence-corrected chi connectivity index (χ1v) is 4.67. The molecule has 0 bridgehead atoms. The largest absolute Gasteiger partial charge is 0.363 e. The third-order valence-corrected chi connectivity index (χ3v) is 2.03. The molecule has 0 aliphatic heterocycles. The Hall–Kier alpha value is -1.98. The lowest BCUT2D eigenvalue weighted by Crippen LogP contribution is -2.03. The molecule has 0 saturated heterocycles. The van der Waals surface area contributed by atoms with E-state index < -0.39 is 11.6 Å². The molecule has 0 radical (unpaired) electrons. The molecule has 0 amide bonds. The molecular formula is C10H10F2N4. The highest BCUT2D eigenvalue weighted by molar-refractivity contribution is 5.36. The van der Waals surface area contributed by atoms with Gasteiger partial charge in [-0.3, -0.25) is 4.68 Å². The van der Waals surface area contributed by atoms with Gasteiger partial charge < -0.3 is 5.32 Å². The quantitative estimate of drug-likeness (QED) is 0.863. The smallest absolute Gasteiger partial charge is 0.168 e. The molecule has 0 aliphatic rings. The van der Waals surface area contributed by atoms with Gasteiger partial charge in [0, 0.05) is 31.4 Å². The van der Waals surface area contributed by atoms with Gasteiger partial charge in [0.25, 0.3) is 0 Å². The van der Waals surface area contributed by atoms with Crippen LogP contribution in [0.15, 0.2) is 24.7 Å². The van der Waals surface area contributed by atoms with E-state index in [0.29, 0.717) is 6.54 Å². The Balaban J connectivity index is 2.04. The molecule has 2 aromatic rings. The second kappa shape index (κ2) is 4.26. The van der Waals surface area contributed by atoms with Crippen LogP contribution in [0.25, 0.3) is 0 Å². The van der Waals surface area contributed by atoms with Gasteiger partial charge in [-0.1, -0.05) is 0 Å². The summed E-state index contributed by atoms with van der Waals surface area (Å²) in [5.41, 5.74) is 0.896. The maximum Gasteiger partial charge on any atom is 0.168 e. The molecule has 16 heavy (non-hydrogen) atoms. The molecule has 1 N–H and O–H groups in total. The van der Waals surface area contributed by atoms with Crippen LogP contribution in [0.1, 0.15) is 5.56 Å². The molecule has 0 aliphatic carbocycles. The van der Waals surface area contributed by atoms with Crippen molar-refractivity contribution in [3.05, 3.63) is 41.9 Å². The van der Waals surface area contributed by atoms with Gasteiger partial charge in [-0.15, -0.1) is 0 Å². The van der Waals surface area contributed by atoms with Crippen molar-refractivity contribution >= 4 is 5.82 Å². The number of rotatable bonds is 3. The summed E-state index contributed by atoms with van der Waals surface area (Å²) < 4.78 is 27.4. The number of anilines is 1. The zero-order valence-corrected chi connectivity index (χ0v) is 8.61. The molecule has 6 heteroatoms. The minimum absolute atomic E-state index is 0.0326. The maximum atomic E-state index is 13.2.